The van der Waals surface area contributed by atoms with Crippen LogP contribution < -0.4 is 5.32 Å². The van der Waals surface area contributed by atoms with Gasteiger partial charge in [-0.1, -0.05) is 54.6 Å². The van der Waals surface area contributed by atoms with Gasteiger partial charge in [-0.3, -0.25) is 14.5 Å². The summed E-state index contributed by atoms with van der Waals surface area (Å²) < 4.78 is 0. The minimum absolute atomic E-state index is 0.0652. The Hall–Kier alpha value is -3.41. The molecule has 4 amide bonds. The Labute approximate surface area is 199 Å². The lowest BCUT2D eigenvalue weighted by Gasteiger charge is -2.31. The molecule has 2 atom stereocenters. The van der Waals surface area contributed by atoms with Crippen LogP contribution in [0.15, 0.2) is 54.6 Å². The molecule has 0 aromatic heterocycles. The molecule has 3 fully saturated rings. The van der Waals surface area contributed by atoms with Gasteiger partial charge in [0.1, 0.15) is 6.54 Å². The molecule has 6 heteroatoms. The number of hydrogen-bond donors (Lipinski definition) is 1. The van der Waals surface area contributed by atoms with Crippen LogP contribution in [0.25, 0.3) is 6.08 Å². The smallest absolute Gasteiger partial charge is 0.326 e. The summed E-state index contributed by atoms with van der Waals surface area (Å²) in [6, 6.07) is 15.6. The van der Waals surface area contributed by atoms with Crippen molar-refractivity contribution in [2.24, 2.45) is 5.92 Å². The lowest BCUT2D eigenvalue weighted by atomic mass is 9.90. The Bertz CT molecular complexity index is 1200. The monoisotopic (exact) mass is 455 g/mol. The van der Waals surface area contributed by atoms with Crippen molar-refractivity contribution in [1.82, 2.24) is 15.1 Å². The summed E-state index contributed by atoms with van der Waals surface area (Å²) in [5.74, 6) is 0.517. The molecule has 1 heterocycles. The molecule has 1 spiro atoms. The molecule has 3 aliphatic carbocycles. The summed E-state index contributed by atoms with van der Waals surface area (Å²) in [4.78, 5) is 43.0. The van der Waals surface area contributed by atoms with E-state index in [0.29, 0.717) is 18.4 Å². The number of nitrogens with zero attached hydrogens (tertiary/aromatic N) is 2. The molecule has 174 valence electrons. The Morgan fingerprint density at radius 3 is 2.59 bits per heavy atom. The van der Waals surface area contributed by atoms with Crippen molar-refractivity contribution in [3.05, 3.63) is 76.9 Å². The standard InChI is InChI=1S/C28H29N3O3/c1-18(20-7-8-20)30(16-19-5-3-2-4-6-19)25(32)17-31-26(33)28(29-27(31)34)14-13-23-15-22(21-9-10-21)11-12-24(23)28/h2-6,11-15,18,20-21H,7-10,16-17H2,1H3,(H,29,34). The molecule has 1 aliphatic heterocycles. The van der Waals surface area contributed by atoms with Crippen LogP contribution in [0, 0.1) is 5.92 Å². The number of hydrogen-bond acceptors (Lipinski definition) is 3. The van der Waals surface area contributed by atoms with E-state index in [-0.39, 0.29) is 24.4 Å². The van der Waals surface area contributed by atoms with Crippen molar-refractivity contribution in [1.29, 1.82) is 0 Å². The molecule has 2 aromatic rings. The van der Waals surface area contributed by atoms with Gasteiger partial charge in [0, 0.05) is 12.6 Å². The van der Waals surface area contributed by atoms with Crippen molar-refractivity contribution in [2.45, 2.75) is 56.7 Å². The minimum atomic E-state index is -1.21. The maximum atomic E-state index is 13.6. The van der Waals surface area contributed by atoms with Gasteiger partial charge in [-0.2, -0.15) is 0 Å². The predicted octanol–water partition coefficient (Wildman–Crippen LogP) is 4.17. The van der Waals surface area contributed by atoms with Gasteiger partial charge in [-0.25, -0.2) is 4.79 Å². The minimum Gasteiger partial charge on any atom is -0.334 e. The maximum absolute atomic E-state index is 13.6. The van der Waals surface area contributed by atoms with E-state index in [4.69, 9.17) is 0 Å². The Morgan fingerprint density at radius 2 is 1.88 bits per heavy atom. The van der Waals surface area contributed by atoms with E-state index in [9.17, 15) is 14.4 Å². The summed E-state index contributed by atoms with van der Waals surface area (Å²) in [7, 11) is 0. The highest BCUT2D eigenvalue weighted by atomic mass is 16.2. The molecule has 2 unspecified atom stereocenters. The third-order valence-electron chi connectivity index (χ3n) is 7.80. The first-order valence-corrected chi connectivity index (χ1v) is 12.3. The van der Waals surface area contributed by atoms with Gasteiger partial charge in [0.2, 0.25) is 5.91 Å². The first kappa shape index (κ1) is 21.1. The van der Waals surface area contributed by atoms with Crippen LogP contribution >= 0.6 is 0 Å². The number of urea groups is 1. The maximum Gasteiger partial charge on any atom is 0.326 e. The van der Waals surface area contributed by atoms with Crippen LogP contribution in [0.5, 0.6) is 0 Å². The first-order chi connectivity index (χ1) is 16.5. The summed E-state index contributed by atoms with van der Waals surface area (Å²) >= 11 is 0. The second-order valence-corrected chi connectivity index (χ2v) is 10.2. The number of imide groups is 1. The van der Waals surface area contributed by atoms with Gasteiger partial charge in [0.25, 0.3) is 5.91 Å². The fraction of sp³-hybridized carbons (Fsp3) is 0.393. The van der Waals surface area contributed by atoms with E-state index in [0.717, 1.165) is 34.4 Å². The zero-order valence-electron chi connectivity index (χ0n) is 19.4. The van der Waals surface area contributed by atoms with Crippen LogP contribution in [0.1, 0.15) is 60.8 Å². The highest BCUT2D eigenvalue weighted by Gasteiger charge is 2.54. The van der Waals surface area contributed by atoms with E-state index < -0.39 is 11.6 Å². The van der Waals surface area contributed by atoms with Crippen molar-refractivity contribution >= 4 is 23.9 Å². The molecule has 6 nitrogen and oxygen atoms in total. The lowest BCUT2D eigenvalue weighted by Crippen LogP contribution is -2.47. The van der Waals surface area contributed by atoms with Gasteiger partial charge in [0.05, 0.1) is 0 Å². The number of amides is 4. The molecular weight excluding hydrogens is 426 g/mol. The van der Waals surface area contributed by atoms with Gasteiger partial charge >= 0.3 is 6.03 Å². The van der Waals surface area contributed by atoms with Gasteiger partial charge in [-0.05, 0) is 72.8 Å². The molecular formula is C28H29N3O3. The SMILES string of the molecule is CC(C1CC1)N(Cc1ccccc1)C(=O)CN1C(=O)NC2(C=Cc3cc(C4CC4)ccc32)C1=O. The van der Waals surface area contributed by atoms with Crippen LogP contribution in [-0.4, -0.2) is 40.2 Å². The summed E-state index contributed by atoms with van der Waals surface area (Å²) in [6.07, 6.45) is 8.32. The largest absolute Gasteiger partial charge is 0.334 e. The Morgan fingerprint density at radius 1 is 1.12 bits per heavy atom. The molecule has 34 heavy (non-hydrogen) atoms. The number of carbonyl (C=O) groups excluding carboxylic acids is 3. The highest BCUT2D eigenvalue weighted by molar-refractivity contribution is 6.12. The van der Waals surface area contributed by atoms with Crippen molar-refractivity contribution in [3.8, 4) is 0 Å². The summed E-state index contributed by atoms with van der Waals surface area (Å²) in [6.45, 7) is 2.29. The summed E-state index contributed by atoms with van der Waals surface area (Å²) in [5.41, 5.74) is 2.88. The third kappa shape index (κ3) is 3.52. The van der Waals surface area contributed by atoms with Crippen LogP contribution in [0.2, 0.25) is 0 Å². The normalized spacial score (nSPS) is 23.9. The molecule has 1 saturated heterocycles. The molecule has 2 saturated carbocycles. The van der Waals surface area contributed by atoms with E-state index in [1.54, 1.807) is 6.08 Å². The van der Waals surface area contributed by atoms with Crippen molar-refractivity contribution in [2.75, 3.05) is 6.54 Å². The van der Waals surface area contributed by atoms with Crippen LogP contribution in [0.4, 0.5) is 4.79 Å². The van der Waals surface area contributed by atoms with E-state index in [1.807, 2.05) is 47.4 Å². The first-order valence-electron chi connectivity index (χ1n) is 12.3. The molecule has 2 aromatic carbocycles. The third-order valence-corrected chi connectivity index (χ3v) is 7.80. The average Bonchev–Trinajstić information content (AvgIpc) is 3.77. The lowest BCUT2D eigenvalue weighted by molar-refractivity contribution is -0.140. The fourth-order valence-electron chi connectivity index (χ4n) is 5.39. The Balaban J connectivity index is 1.23. The molecule has 1 N–H and O–H groups in total. The van der Waals surface area contributed by atoms with Crippen LogP contribution in [-0.2, 0) is 21.7 Å². The van der Waals surface area contributed by atoms with E-state index >= 15 is 0 Å². The number of carbonyl (C=O) groups is 3. The molecule has 0 bridgehead atoms. The molecule has 0 radical (unpaired) electrons. The average molecular weight is 456 g/mol. The fourth-order valence-corrected chi connectivity index (χ4v) is 5.39. The van der Waals surface area contributed by atoms with Gasteiger partial charge in [0.15, 0.2) is 5.54 Å². The van der Waals surface area contributed by atoms with Crippen molar-refractivity contribution in [3.63, 3.8) is 0 Å². The predicted molar refractivity (Wildman–Crippen MR) is 129 cm³/mol. The number of benzene rings is 2. The van der Waals surface area contributed by atoms with Crippen LogP contribution in [0.3, 0.4) is 0 Å². The molecule has 6 rings (SSSR count). The zero-order chi connectivity index (χ0) is 23.4. The molecule has 4 aliphatic rings. The Kier molecular flexibility index (Phi) is 4.87. The van der Waals surface area contributed by atoms with Gasteiger partial charge < -0.3 is 10.2 Å². The number of nitrogens with one attached hydrogen (secondary N) is 1. The number of fused-ring (bicyclic) bond motifs is 2. The highest BCUT2D eigenvalue weighted by Crippen LogP contribution is 2.44. The topological polar surface area (TPSA) is 69.7 Å². The van der Waals surface area contributed by atoms with Gasteiger partial charge in [-0.15, -0.1) is 0 Å². The summed E-state index contributed by atoms with van der Waals surface area (Å²) in [5, 5.41) is 2.89. The number of rotatable bonds is 7. The zero-order valence-corrected chi connectivity index (χ0v) is 19.4. The van der Waals surface area contributed by atoms with E-state index in [2.05, 4.69) is 24.4 Å². The second kappa shape index (κ2) is 7.83. The van der Waals surface area contributed by atoms with E-state index in [1.165, 1.54) is 18.4 Å². The van der Waals surface area contributed by atoms with Crippen molar-refractivity contribution < 1.29 is 14.4 Å². The quantitative estimate of drug-likeness (QED) is 0.638. The second-order valence-electron chi connectivity index (χ2n) is 10.2.